The average Bonchev–Trinajstić information content (AvgIpc) is 2.69. The van der Waals surface area contributed by atoms with Crippen molar-refractivity contribution in [2.45, 2.75) is 19.8 Å². The van der Waals surface area contributed by atoms with E-state index in [1.54, 1.807) is 13.3 Å². The zero-order valence-electron chi connectivity index (χ0n) is 15.1. The molecule has 5 nitrogen and oxygen atoms in total. The van der Waals surface area contributed by atoms with E-state index < -0.39 is 0 Å². The summed E-state index contributed by atoms with van der Waals surface area (Å²) < 4.78 is 5.18. The van der Waals surface area contributed by atoms with Gasteiger partial charge in [-0.15, -0.1) is 0 Å². The highest BCUT2D eigenvalue weighted by molar-refractivity contribution is 6.09. The van der Waals surface area contributed by atoms with Gasteiger partial charge in [0.25, 0.3) is 5.91 Å². The summed E-state index contributed by atoms with van der Waals surface area (Å²) in [6, 6.07) is 15.4. The molecule has 0 aliphatic heterocycles. The standard InChI is InChI=1S/C21H23N3O2/c1-3-4-13-22-21(25)19-14-23-20(18-8-6-5-7-17(18)19)24-15-9-11-16(26-2)12-10-15/h5-12,14H,3-4,13H2,1-2H3,(H,22,25)(H,23,24). The minimum atomic E-state index is -0.0850. The Morgan fingerprint density at radius 2 is 1.81 bits per heavy atom. The van der Waals surface area contributed by atoms with Crippen molar-refractivity contribution in [1.82, 2.24) is 10.3 Å². The summed E-state index contributed by atoms with van der Waals surface area (Å²) in [4.78, 5) is 17.0. The van der Waals surface area contributed by atoms with E-state index in [-0.39, 0.29) is 5.91 Å². The van der Waals surface area contributed by atoms with Gasteiger partial charge in [0, 0.05) is 23.8 Å². The fourth-order valence-electron chi connectivity index (χ4n) is 2.76. The SMILES string of the molecule is CCCCNC(=O)c1cnc(Nc2ccc(OC)cc2)c2ccccc12. The van der Waals surface area contributed by atoms with Gasteiger partial charge in [0.15, 0.2) is 0 Å². The smallest absolute Gasteiger partial charge is 0.253 e. The van der Waals surface area contributed by atoms with Gasteiger partial charge in [-0.05, 0) is 36.1 Å². The van der Waals surface area contributed by atoms with Gasteiger partial charge in [-0.3, -0.25) is 4.79 Å². The number of anilines is 2. The summed E-state index contributed by atoms with van der Waals surface area (Å²) >= 11 is 0. The summed E-state index contributed by atoms with van der Waals surface area (Å²) in [6.45, 7) is 2.78. The number of amides is 1. The average molecular weight is 349 g/mol. The van der Waals surface area contributed by atoms with Crippen LogP contribution in [0.5, 0.6) is 5.75 Å². The van der Waals surface area contributed by atoms with Crippen molar-refractivity contribution in [3.8, 4) is 5.75 Å². The lowest BCUT2D eigenvalue weighted by Gasteiger charge is -2.12. The van der Waals surface area contributed by atoms with E-state index in [0.29, 0.717) is 12.1 Å². The summed E-state index contributed by atoms with van der Waals surface area (Å²) in [7, 11) is 1.64. The number of nitrogens with one attached hydrogen (secondary N) is 2. The Hall–Kier alpha value is -3.08. The van der Waals surface area contributed by atoms with Crippen LogP contribution in [0.15, 0.2) is 54.7 Å². The maximum absolute atomic E-state index is 12.5. The first-order valence-corrected chi connectivity index (χ1v) is 8.80. The van der Waals surface area contributed by atoms with E-state index in [2.05, 4.69) is 22.5 Å². The topological polar surface area (TPSA) is 63.2 Å². The van der Waals surface area contributed by atoms with Crippen LogP contribution in [0.2, 0.25) is 0 Å². The van der Waals surface area contributed by atoms with Crippen LogP contribution < -0.4 is 15.4 Å². The Kier molecular flexibility index (Phi) is 5.69. The molecule has 134 valence electrons. The van der Waals surface area contributed by atoms with Gasteiger partial charge in [-0.25, -0.2) is 4.98 Å². The molecule has 3 rings (SSSR count). The van der Waals surface area contributed by atoms with E-state index in [1.807, 2.05) is 48.5 Å². The molecule has 1 aromatic heterocycles. The Morgan fingerprint density at radius 3 is 2.50 bits per heavy atom. The molecule has 0 saturated carbocycles. The summed E-state index contributed by atoms with van der Waals surface area (Å²) in [5.41, 5.74) is 1.50. The molecule has 0 bridgehead atoms. The maximum Gasteiger partial charge on any atom is 0.253 e. The molecule has 0 aliphatic rings. The van der Waals surface area contributed by atoms with Crippen LogP contribution in [0.25, 0.3) is 10.8 Å². The molecular formula is C21H23N3O2. The van der Waals surface area contributed by atoms with Crippen LogP contribution in [0.3, 0.4) is 0 Å². The highest BCUT2D eigenvalue weighted by Gasteiger charge is 2.13. The molecule has 0 radical (unpaired) electrons. The molecule has 5 heteroatoms. The van der Waals surface area contributed by atoms with Crippen LogP contribution >= 0.6 is 0 Å². The lowest BCUT2D eigenvalue weighted by molar-refractivity contribution is 0.0954. The monoisotopic (exact) mass is 349 g/mol. The van der Waals surface area contributed by atoms with Crippen LogP contribution in [-0.2, 0) is 0 Å². The number of rotatable bonds is 7. The summed E-state index contributed by atoms with van der Waals surface area (Å²) in [5.74, 6) is 1.43. The van der Waals surface area contributed by atoms with Crippen molar-refractivity contribution in [2.24, 2.45) is 0 Å². The van der Waals surface area contributed by atoms with Crippen LogP contribution in [-0.4, -0.2) is 24.5 Å². The number of benzene rings is 2. The van der Waals surface area contributed by atoms with Crippen LogP contribution in [0, 0.1) is 0 Å². The van der Waals surface area contributed by atoms with Crippen molar-refractivity contribution in [3.63, 3.8) is 0 Å². The second-order valence-electron chi connectivity index (χ2n) is 6.03. The van der Waals surface area contributed by atoms with Crippen LogP contribution in [0.4, 0.5) is 11.5 Å². The second kappa shape index (κ2) is 8.34. The van der Waals surface area contributed by atoms with Gasteiger partial charge in [0.2, 0.25) is 0 Å². The van der Waals surface area contributed by atoms with Crippen molar-refractivity contribution >= 4 is 28.2 Å². The molecule has 0 fully saturated rings. The number of aromatic nitrogens is 1. The quantitative estimate of drug-likeness (QED) is 0.616. The predicted molar refractivity (Wildman–Crippen MR) is 105 cm³/mol. The lowest BCUT2D eigenvalue weighted by Crippen LogP contribution is -2.24. The molecule has 0 aliphatic carbocycles. The van der Waals surface area contributed by atoms with E-state index in [4.69, 9.17) is 4.74 Å². The Bertz CT molecular complexity index is 891. The number of hydrogen-bond donors (Lipinski definition) is 2. The molecule has 0 atom stereocenters. The van der Waals surface area contributed by atoms with Gasteiger partial charge in [-0.1, -0.05) is 37.6 Å². The van der Waals surface area contributed by atoms with Gasteiger partial charge < -0.3 is 15.4 Å². The molecule has 0 spiro atoms. The molecule has 2 N–H and O–H groups in total. The number of fused-ring (bicyclic) bond motifs is 1. The highest BCUT2D eigenvalue weighted by Crippen LogP contribution is 2.27. The number of unbranched alkanes of at least 4 members (excludes halogenated alkanes) is 1. The lowest BCUT2D eigenvalue weighted by atomic mass is 10.1. The molecule has 0 unspecified atom stereocenters. The molecule has 1 amide bonds. The zero-order chi connectivity index (χ0) is 18.4. The fraction of sp³-hybridized carbons (Fsp3) is 0.238. The second-order valence-corrected chi connectivity index (χ2v) is 6.03. The van der Waals surface area contributed by atoms with Crippen LogP contribution in [0.1, 0.15) is 30.1 Å². The third-order valence-electron chi connectivity index (χ3n) is 4.21. The number of methoxy groups -OCH3 is 1. The first-order chi connectivity index (χ1) is 12.7. The van der Waals surface area contributed by atoms with E-state index in [1.165, 1.54) is 0 Å². The van der Waals surface area contributed by atoms with Crippen molar-refractivity contribution in [2.75, 3.05) is 19.0 Å². The highest BCUT2D eigenvalue weighted by atomic mass is 16.5. The molecule has 0 saturated heterocycles. The Balaban J connectivity index is 1.90. The van der Waals surface area contributed by atoms with E-state index in [9.17, 15) is 4.79 Å². The molecule has 3 aromatic rings. The van der Waals surface area contributed by atoms with Gasteiger partial charge in [0.1, 0.15) is 11.6 Å². The van der Waals surface area contributed by atoms with Gasteiger partial charge in [0.05, 0.1) is 12.7 Å². The number of carbonyl (C=O) groups excluding carboxylic acids is 1. The van der Waals surface area contributed by atoms with Crippen molar-refractivity contribution < 1.29 is 9.53 Å². The van der Waals surface area contributed by atoms with Crippen molar-refractivity contribution in [1.29, 1.82) is 0 Å². The predicted octanol–water partition coefficient (Wildman–Crippen LogP) is 4.52. The molecular weight excluding hydrogens is 326 g/mol. The third-order valence-corrected chi connectivity index (χ3v) is 4.21. The molecule has 2 aromatic carbocycles. The number of carbonyl (C=O) groups is 1. The number of hydrogen-bond acceptors (Lipinski definition) is 4. The van der Waals surface area contributed by atoms with E-state index in [0.717, 1.165) is 40.9 Å². The fourth-order valence-corrected chi connectivity index (χ4v) is 2.76. The first-order valence-electron chi connectivity index (χ1n) is 8.80. The number of pyridine rings is 1. The Labute approximate surface area is 153 Å². The molecule has 26 heavy (non-hydrogen) atoms. The largest absolute Gasteiger partial charge is 0.497 e. The number of ether oxygens (including phenoxy) is 1. The molecule has 1 heterocycles. The Morgan fingerprint density at radius 1 is 1.08 bits per heavy atom. The minimum Gasteiger partial charge on any atom is -0.497 e. The van der Waals surface area contributed by atoms with Crippen molar-refractivity contribution in [3.05, 3.63) is 60.3 Å². The maximum atomic E-state index is 12.5. The van der Waals surface area contributed by atoms with Gasteiger partial charge in [-0.2, -0.15) is 0 Å². The summed E-state index contributed by atoms with van der Waals surface area (Å²) in [6.07, 6.45) is 3.65. The first kappa shape index (κ1) is 17.7. The minimum absolute atomic E-state index is 0.0850. The van der Waals surface area contributed by atoms with Gasteiger partial charge >= 0.3 is 0 Å². The number of nitrogens with zero attached hydrogens (tertiary/aromatic N) is 1. The zero-order valence-corrected chi connectivity index (χ0v) is 15.1. The van der Waals surface area contributed by atoms with E-state index >= 15 is 0 Å². The summed E-state index contributed by atoms with van der Waals surface area (Å²) in [5, 5.41) is 8.07. The third kappa shape index (κ3) is 3.94. The normalized spacial score (nSPS) is 10.5.